The third-order valence-corrected chi connectivity index (χ3v) is 1.96. The quantitative estimate of drug-likeness (QED) is 0.841. The standard InChI is InChI=1S/C12H9F3N2O/c13-12(14,15)8-17-11(18)6-5-9-3-1-2-4-10(9)7-16/h1-6H,8H2,(H,17,18)/b6-5+. The second-order valence-electron chi connectivity index (χ2n) is 3.37. The highest BCUT2D eigenvalue weighted by molar-refractivity contribution is 5.92. The third-order valence-electron chi connectivity index (χ3n) is 1.96. The molecule has 1 aromatic carbocycles. The number of hydrogen-bond acceptors (Lipinski definition) is 2. The normalized spacial score (nSPS) is 11.2. The molecule has 0 saturated heterocycles. The summed E-state index contributed by atoms with van der Waals surface area (Å²) in [6.45, 7) is -1.38. The van der Waals surface area contributed by atoms with Crippen molar-refractivity contribution in [1.29, 1.82) is 5.26 Å². The van der Waals surface area contributed by atoms with Gasteiger partial charge in [0.25, 0.3) is 0 Å². The Labute approximate surface area is 102 Å². The summed E-state index contributed by atoms with van der Waals surface area (Å²) in [4.78, 5) is 11.1. The number of benzene rings is 1. The largest absolute Gasteiger partial charge is 0.405 e. The highest BCUT2D eigenvalue weighted by atomic mass is 19.4. The van der Waals surface area contributed by atoms with E-state index in [1.165, 1.54) is 6.08 Å². The van der Waals surface area contributed by atoms with Crippen LogP contribution in [-0.2, 0) is 4.79 Å². The van der Waals surface area contributed by atoms with Crippen molar-refractivity contribution in [2.45, 2.75) is 6.18 Å². The molecule has 0 aliphatic rings. The van der Waals surface area contributed by atoms with E-state index in [0.717, 1.165) is 6.08 Å². The summed E-state index contributed by atoms with van der Waals surface area (Å²) in [6.07, 6.45) is -2.18. The molecule has 0 fully saturated rings. The molecule has 0 aliphatic carbocycles. The Bertz CT molecular complexity index is 501. The number of nitrogens with zero attached hydrogens (tertiary/aromatic N) is 1. The van der Waals surface area contributed by atoms with E-state index in [-0.39, 0.29) is 0 Å². The van der Waals surface area contributed by atoms with Crippen LogP contribution in [0.2, 0.25) is 0 Å². The fraction of sp³-hybridized carbons (Fsp3) is 0.167. The van der Waals surface area contributed by atoms with Crippen LogP contribution >= 0.6 is 0 Å². The zero-order valence-electron chi connectivity index (χ0n) is 9.16. The van der Waals surface area contributed by atoms with Gasteiger partial charge in [0, 0.05) is 6.08 Å². The summed E-state index contributed by atoms with van der Waals surface area (Å²) in [5.74, 6) is -0.861. The van der Waals surface area contributed by atoms with E-state index in [9.17, 15) is 18.0 Å². The van der Waals surface area contributed by atoms with Gasteiger partial charge >= 0.3 is 6.18 Å². The van der Waals surface area contributed by atoms with Gasteiger partial charge in [0.05, 0.1) is 11.6 Å². The van der Waals surface area contributed by atoms with Gasteiger partial charge < -0.3 is 5.32 Å². The number of alkyl halides is 3. The maximum Gasteiger partial charge on any atom is 0.405 e. The maximum atomic E-state index is 11.8. The number of halogens is 3. The molecule has 1 aromatic rings. The molecule has 0 bridgehead atoms. The zero-order valence-corrected chi connectivity index (χ0v) is 9.16. The van der Waals surface area contributed by atoms with Crippen LogP contribution < -0.4 is 5.32 Å². The number of carbonyl (C=O) groups is 1. The van der Waals surface area contributed by atoms with Crippen molar-refractivity contribution < 1.29 is 18.0 Å². The van der Waals surface area contributed by atoms with Gasteiger partial charge in [-0.2, -0.15) is 18.4 Å². The first-order valence-corrected chi connectivity index (χ1v) is 4.94. The Morgan fingerprint density at radius 3 is 2.67 bits per heavy atom. The van der Waals surface area contributed by atoms with Crippen LogP contribution in [0.25, 0.3) is 6.08 Å². The predicted molar refractivity (Wildman–Crippen MR) is 59.3 cm³/mol. The monoisotopic (exact) mass is 254 g/mol. The minimum absolute atomic E-state index is 0.345. The molecule has 1 N–H and O–H groups in total. The minimum Gasteiger partial charge on any atom is -0.343 e. The van der Waals surface area contributed by atoms with Crippen molar-refractivity contribution >= 4 is 12.0 Å². The smallest absolute Gasteiger partial charge is 0.343 e. The van der Waals surface area contributed by atoms with Crippen LogP contribution in [-0.4, -0.2) is 18.6 Å². The maximum absolute atomic E-state index is 11.8. The van der Waals surface area contributed by atoms with Crippen molar-refractivity contribution in [3.63, 3.8) is 0 Å². The Morgan fingerprint density at radius 1 is 1.39 bits per heavy atom. The van der Waals surface area contributed by atoms with E-state index < -0.39 is 18.6 Å². The van der Waals surface area contributed by atoms with Gasteiger partial charge in [0.2, 0.25) is 5.91 Å². The molecule has 0 aromatic heterocycles. The molecule has 18 heavy (non-hydrogen) atoms. The van der Waals surface area contributed by atoms with Gasteiger partial charge in [0.15, 0.2) is 0 Å². The first-order chi connectivity index (χ1) is 8.42. The van der Waals surface area contributed by atoms with Gasteiger partial charge in [-0.25, -0.2) is 0 Å². The summed E-state index contributed by atoms with van der Waals surface area (Å²) in [5.41, 5.74) is 0.819. The average molecular weight is 254 g/mol. The molecule has 0 aliphatic heterocycles. The molecule has 1 rings (SSSR count). The molecule has 0 saturated carbocycles. The zero-order chi connectivity index (χ0) is 13.6. The Balaban J connectivity index is 2.65. The van der Waals surface area contributed by atoms with Gasteiger partial charge in [-0.05, 0) is 17.7 Å². The summed E-state index contributed by atoms with van der Waals surface area (Å²) in [5, 5.41) is 10.5. The Morgan fingerprint density at radius 2 is 2.06 bits per heavy atom. The molecule has 94 valence electrons. The van der Waals surface area contributed by atoms with E-state index in [2.05, 4.69) is 0 Å². The number of nitriles is 1. The van der Waals surface area contributed by atoms with E-state index in [4.69, 9.17) is 5.26 Å². The van der Waals surface area contributed by atoms with Crippen LogP contribution in [0, 0.1) is 11.3 Å². The number of hydrogen-bond donors (Lipinski definition) is 1. The van der Waals surface area contributed by atoms with Crippen molar-refractivity contribution in [2.75, 3.05) is 6.54 Å². The van der Waals surface area contributed by atoms with E-state index >= 15 is 0 Å². The third kappa shape index (κ3) is 4.70. The van der Waals surface area contributed by atoms with Crippen LogP contribution in [0.15, 0.2) is 30.3 Å². The lowest BCUT2D eigenvalue weighted by atomic mass is 10.1. The van der Waals surface area contributed by atoms with Crippen LogP contribution in [0.4, 0.5) is 13.2 Å². The molecule has 0 radical (unpaired) electrons. The summed E-state index contributed by atoms with van der Waals surface area (Å²) < 4.78 is 35.4. The van der Waals surface area contributed by atoms with E-state index in [1.54, 1.807) is 29.6 Å². The lowest BCUT2D eigenvalue weighted by Crippen LogP contribution is -2.32. The van der Waals surface area contributed by atoms with Crippen LogP contribution in [0.5, 0.6) is 0 Å². The lowest BCUT2D eigenvalue weighted by molar-refractivity contribution is -0.135. The number of nitrogens with one attached hydrogen (secondary N) is 1. The fourth-order valence-corrected chi connectivity index (χ4v) is 1.16. The second-order valence-corrected chi connectivity index (χ2v) is 3.37. The second kappa shape index (κ2) is 5.87. The van der Waals surface area contributed by atoms with Gasteiger partial charge in [-0.3, -0.25) is 4.79 Å². The molecule has 1 amide bonds. The highest BCUT2D eigenvalue weighted by Gasteiger charge is 2.27. The van der Waals surface area contributed by atoms with E-state index in [1.807, 2.05) is 6.07 Å². The molecular weight excluding hydrogens is 245 g/mol. The molecule has 0 atom stereocenters. The Hall–Kier alpha value is -2.29. The molecular formula is C12H9F3N2O. The van der Waals surface area contributed by atoms with Crippen molar-refractivity contribution in [3.05, 3.63) is 41.5 Å². The highest BCUT2D eigenvalue weighted by Crippen LogP contribution is 2.12. The average Bonchev–Trinajstić information content (AvgIpc) is 2.33. The SMILES string of the molecule is N#Cc1ccccc1/C=C/C(=O)NCC(F)(F)F. The first-order valence-electron chi connectivity index (χ1n) is 4.94. The predicted octanol–water partition coefficient (Wildman–Crippen LogP) is 2.25. The minimum atomic E-state index is -4.44. The number of carbonyl (C=O) groups excluding carboxylic acids is 1. The van der Waals surface area contributed by atoms with Crippen LogP contribution in [0.3, 0.4) is 0 Å². The molecule has 3 nitrogen and oxygen atoms in total. The van der Waals surface area contributed by atoms with E-state index in [0.29, 0.717) is 11.1 Å². The van der Waals surface area contributed by atoms with Crippen molar-refractivity contribution in [1.82, 2.24) is 5.32 Å². The lowest BCUT2D eigenvalue weighted by Gasteiger charge is -2.05. The number of rotatable bonds is 3. The van der Waals surface area contributed by atoms with Crippen molar-refractivity contribution in [2.24, 2.45) is 0 Å². The molecule has 0 unspecified atom stereocenters. The molecule has 6 heteroatoms. The Kier molecular flexibility index (Phi) is 4.49. The van der Waals surface area contributed by atoms with Gasteiger partial charge in [-0.15, -0.1) is 0 Å². The molecule has 0 spiro atoms. The van der Waals surface area contributed by atoms with Gasteiger partial charge in [0.1, 0.15) is 6.54 Å². The summed E-state index contributed by atoms with van der Waals surface area (Å²) in [6, 6.07) is 8.36. The van der Waals surface area contributed by atoms with Gasteiger partial charge in [-0.1, -0.05) is 18.2 Å². The first kappa shape index (κ1) is 13.8. The van der Waals surface area contributed by atoms with Crippen LogP contribution in [0.1, 0.15) is 11.1 Å². The summed E-state index contributed by atoms with van der Waals surface area (Å²) in [7, 11) is 0. The molecule has 0 heterocycles. The fourth-order valence-electron chi connectivity index (χ4n) is 1.16. The number of amides is 1. The summed E-state index contributed by atoms with van der Waals surface area (Å²) >= 11 is 0. The van der Waals surface area contributed by atoms with Crippen molar-refractivity contribution in [3.8, 4) is 6.07 Å². The topological polar surface area (TPSA) is 52.9 Å².